The van der Waals surface area contributed by atoms with Crippen LogP contribution in [-0.4, -0.2) is 21.6 Å². The van der Waals surface area contributed by atoms with E-state index >= 15 is 0 Å². The van der Waals surface area contributed by atoms with Gasteiger partial charge in [-0.05, 0) is 44.2 Å². The Morgan fingerprint density at radius 1 is 1.22 bits per heavy atom. The van der Waals surface area contributed by atoms with E-state index in [1.807, 2.05) is 13.8 Å². The maximum absolute atomic E-state index is 12.9. The van der Waals surface area contributed by atoms with E-state index in [0.717, 1.165) is 0 Å². The minimum absolute atomic E-state index is 0.0233. The first-order chi connectivity index (χ1) is 12.7. The summed E-state index contributed by atoms with van der Waals surface area (Å²) >= 11 is 11.9. The van der Waals surface area contributed by atoms with E-state index in [1.165, 1.54) is 31.4 Å². The molecule has 0 N–H and O–H groups in total. The van der Waals surface area contributed by atoms with Crippen LogP contribution in [-0.2, 0) is 9.84 Å². The lowest BCUT2D eigenvalue weighted by Gasteiger charge is -2.16. The van der Waals surface area contributed by atoms with Crippen LogP contribution < -0.4 is 9.47 Å². The first kappa shape index (κ1) is 21.1. The highest BCUT2D eigenvalue weighted by Gasteiger charge is 2.25. The molecular formula is C19H17Cl2NO4S. The fourth-order valence-corrected chi connectivity index (χ4v) is 4.19. The van der Waals surface area contributed by atoms with E-state index < -0.39 is 14.7 Å². The average molecular weight is 426 g/mol. The molecule has 0 spiro atoms. The molecule has 5 nitrogen and oxygen atoms in total. The van der Waals surface area contributed by atoms with Gasteiger partial charge in [-0.15, -0.1) is 0 Å². The maximum Gasteiger partial charge on any atom is 0.218 e. The first-order valence-corrected chi connectivity index (χ1v) is 10.1. The predicted molar refractivity (Wildman–Crippen MR) is 106 cm³/mol. The minimum atomic E-state index is -4.18. The van der Waals surface area contributed by atoms with Crippen molar-refractivity contribution in [2.45, 2.75) is 24.8 Å². The van der Waals surface area contributed by atoms with Crippen molar-refractivity contribution in [3.8, 4) is 17.6 Å². The molecule has 142 valence electrons. The summed E-state index contributed by atoms with van der Waals surface area (Å²) in [5, 5.41) is 9.67. The second-order valence-corrected chi connectivity index (χ2v) is 8.47. The molecule has 0 unspecified atom stereocenters. The van der Waals surface area contributed by atoms with Crippen molar-refractivity contribution in [2.24, 2.45) is 0 Å². The molecule has 27 heavy (non-hydrogen) atoms. The zero-order valence-electron chi connectivity index (χ0n) is 14.9. The topological polar surface area (TPSA) is 76.4 Å². The highest BCUT2D eigenvalue weighted by atomic mass is 35.5. The van der Waals surface area contributed by atoms with Crippen LogP contribution in [0.5, 0.6) is 11.5 Å². The number of hydrogen-bond acceptors (Lipinski definition) is 5. The van der Waals surface area contributed by atoms with Gasteiger partial charge in [-0.1, -0.05) is 35.3 Å². The zero-order valence-corrected chi connectivity index (χ0v) is 17.2. The molecule has 2 aromatic rings. The molecule has 0 bridgehead atoms. The molecule has 2 aromatic carbocycles. The quantitative estimate of drug-likeness (QED) is 0.599. The highest BCUT2D eigenvalue weighted by molar-refractivity contribution is 7.95. The Kier molecular flexibility index (Phi) is 6.77. The summed E-state index contributed by atoms with van der Waals surface area (Å²) in [5.74, 6) is 0.767. The lowest BCUT2D eigenvalue weighted by atomic mass is 10.1. The number of rotatable bonds is 6. The molecule has 0 atom stereocenters. The monoisotopic (exact) mass is 425 g/mol. The highest BCUT2D eigenvalue weighted by Crippen LogP contribution is 2.35. The summed E-state index contributed by atoms with van der Waals surface area (Å²) in [6.07, 6.45) is 1.05. The Hall–Kier alpha value is -2.20. The van der Waals surface area contributed by atoms with Gasteiger partial charge >= 0.3 is 0 Å². The lowest BCUT2D eigenvalue weighted by Crippen LogP contribution is -2.09. The van der Waals surface area contributed by atoms with Crippen molar-refractivity contribution >= 4 is 39.1 Å². The number of para-hydroxylation sites is 1. The number of benzene rings is 2. The second kappa shape index (κ2) is 8.66. The summed E-state index contributed by atoms with van der Waals surface area (Å²) in [6.45, 7) is 3.65. The van der Waals surface area contributed by atoms with E-state index in [-0.39, 0.29) is 21.0 Å². The average Bonchev–Trinajstić information content (AvgIpc) is 2.61. The molecular weight excluding hydrogens is 409 g/mol. The van der Waals surface area contributed by atoms with Gasteiger partial charge in [0, 0.05) is 10.6 Å². The van der Waals surface area contributed by atoms with Crippen LogP contribution in [0, 0.1) is 11.3 Å². The third-order valence-corrected chi connectivity index (χ3v) is 5.83. The van der Waals surface area contributed by atoms with Gasteiger partial charge in [0.25, 0.3) is 0 Å². The maximum atomic E-state index is 12.9. The third kappa shape index (κ3) is 4.75. The van der Waals surface area contributed by atoms with Gasteiger partial charge in [-0.25, -0.2) is 8.42 Å². The molecule has 8 heteroatoms. The van der Waals surface area contributed by atoms with Gasteiger partial charge in [0.15, 0.2) is 11.5 Å². The van der Waals surface area contributed by atoms with Crippen molar-refractivity contribution < 1.29 is 17.9 Å². The van der Waals surface area contributed by atoms with Crippen molar-refractivity contribution in [3.05, 3.63) is 56.9 Å². The van der Waals surface area contributed by atoms with Gasteiger partial charge in [0.05, 0.1) is 23.1 Å². The van der Waals surface area contributed by atoms with E-state index in [2.05, 4.69) is 0 Å². The number of hydrogen-bond donors (Lipinski definition) is 0. The molecule has 0 aliphatic carbocycles. The number of nitrogens with zero attached hydrogens (tertiary/aromatic N) is 1. The van der Waals surface area contributed by atoms with Crippen LogP contribution >= 0.6 is 23.2 Å². The standard InChI is InChI=1S/C19H17Cl2NO4S/c1-12(2)26-19-13(5-4-6-17(19)25-3)9-15(11-22)27(23,24)18-10-14(20)7-8-16(18)21/h4-10,12H,1-3H3/b15-9+. The fourth-order valence-electron chi connectivity index (χ4n) is 2.28. The molecule has 2 rings (SSSR count). The molecule has 0 saturated heterocycles. The largest absolute Gasteiger partial charge is 0.493 e. The first-order valence-electron chi connectivity index (χ1n) is 7.86. The number of sulfone groups is 1. The van der Waals surface area contributed by atoms with Gasteiger partial charge < -0.3 is 9.47 Å². The SMILES string of the molecule is COc1cccc(/C=C(\C#N)S(=O)(=O)c2cc(Cl)ccc2Cl)c1OC(C)C. The van der Waals surface area contributed by atoms with Crippen LogP contribution in [0.3, 0.4) is 0 Å². The zero-order chi connectivity index (χ0) is 20.2. The van der Waals surface area contributed by atoms with Crippen LogP contribution in [0.15, 0.2) is 46.2 Å². The summed E-state index contributed by atoms with van der Waals surface area (Å²) < 4.78 is 36.9. The van der Waals surface area contributed by atoms with Crippen LogP contribution in [0.25, 0.3) is 6.08 Å². The molecule has 0 radical (unpaired) electrons. The van der Waals surface area contributed by atoms with E-state index in [0.29, 0.717) is 17.1 Å². The van der Waals surface area contributed by atoms with Gasteiger partial charge in [-0.2, -0.15) is 5.26 Å². The number of ether oxygens (including phenoxy) is 2. The van der Waals surface area contributed by atoms with Crippen LogP contribution in [0.4, 0.5) is 0 Å². The number of nitriles is 1. The smallest absolute Gasteiger partial charge is 0.218 e. The van der Waals surface area contributed by atoms with E-state index in [1.54, 1.807) is 24.3 Å². The Morgan fingerprint density at radius 3 is 2.52 bits per heavy atom. The van der Waals surface area contributed by atoms with Crippen molar-refractivity contribution in [3.63, 3.8) is 0 Å². The van der Waals surface area contributed by atoms with Crippen molar-refractivity contribution in [1.29, 1.82) is 5.26 Å². The van der Waals surface area contributed by atoms with Gasteiger partial charge in [0.1, 0.15) is 11.0 Å². The van der Waals surface area contributed by atoms with Gasteiger partial charge in [-0.3, -0.25) is 0 Å². The molecule has 0 aliphatic rings. The van der Waals surface area contributed by atoms with E-state index in [4.69, 9.17) is 32.7 Å². The summed E-state index contributed by atoms with van der Waals surface area (Å²) in [4.78, 5) is -0.729. The molecule has 0 aliphatic heterocycles. The van der Waals surface area contributed by atoms with Crippen LogP contribution in [0.1, 0.15) is 19.4 Å². The normalized spacial score (nSPS) is 12.0. The van der Waals surface area contributed by atoms with Crippen molar-refractivity contribution in [2.75, 3.05) is 7.11 Å². The Bertz CT molecular complexity index is 1020. The Labute approximate surface area is 168 Å². The summed E-state index contributed by atoms with van der Waals surface area (Å²) in [6, 6.07) is 10.8. The number of halogens is 2. The second-order valence-electron chi connectivity index (χ2n) is 5.74. The molecule has 0 saturated carbocycles. The Balaban J connectivity index is 2.66. The van der Waals surface area contributed by atoms with Gasteiger partial charge in [0.2, 0.25) is 9.84 Å². The lowest BCUT2D eigenvalue weighted by molar-refractivity contribution is 0.229. The molecule has 0 heterocycles. The summed E-state index contributed by atoms with van der Waals surface area (Å²) in [5.41, 5.74) is 0.390. The Morgan fingerprint density at radius 2 is 1.93 bits per heavy atom. The summed E-state index contributed by atoms with van der Waals surface area (Å²) in [7, 11) is -2.70. The molecule has 0 aromatic heterocycles. The number of methoxy groups -OCH3 is 1. The molecule has 0 amide bonds. The van der Waals surface area contributed by atoms with Crippen LogP contribution in [0.2, 0.25) is 10.0 Å². The fraction of sp³-hybridized carbons (Fsp3) is 0.211. The number of allylic oxidation sites excluding steroid dienone is 1. The van der Waals surface area contributed by atoms with Crippen molar-refractivity contribution in [1.82, 2.24) is 0 Å². The van der Waals surface area contributed by atoms with E-state index in [9.17, 15) is 13.7 Å². The minimum Gasteiger partial charge on any atom is -0.493 e. The predicted octanol–water partition coefficient (Wildman–Crippen LogP) is 5.13. The third-order valence-electron chi connectivity index (χ3n) is 3.45. The molecule has 0 fully saturated rings.